The van der Waals surface area contributed by atoms with Gasteiger partial charge in [-0.3, -0.25) is 24.4 Å². The number of carboxylic acid groups (broad SMARTS) is 1. The van der Waals surface area contributed by atoms with Crippen molar-refractivity contribution in [2.45, 2.75) is 246 Å². The number of carboxylic acids is 1. The largest absolute Gasteiger partial charge is 0.480 e. The summed E-state index contributed by atoms with van der Waals surface area (Å²) in [4.78, 5) is 114. The summed E-state index contributed by atoms with van der Waals surface area (Å²) >= 11 is 0. The summed E-state index contributed by atoms with van der Waals surface area (Å²) in [5.41, 5.74) is 26.9. The molecule has 9 heterocycles. The fourth-order valence-electron chi connectivity index (χ4n) is 21.2. The van der Waals surface area contributed by atoms with Gasteiger partial charge in [-0.1, -0.05) is 160 Å². The molecule has 8 aromatic rings. The van der Waals surface area contributed by atoms with Crippen LogP contribution in [0.15, 0.2) is 119 Å². The molecular formula is C98H121N13O10. The van der Waals surface area contributed by atoms with Crippen LogP contribution in [0.1, 0.15) is 241 Å². The molecule has 5 aliphatic heterocycles. The van der Waals surface area contributed by atoms with E-state index in [1.165, 1.54) is 185 Å². The van der Waals surface area contributed by atoms with Crippen molar-refractivity contribution in [3.63, 3.8) is 0 Å². The molecule has 638 valence electrons. The van der Waals surface area contributed by atoms with E-state index in [-0.39, 0.29) is 66.9 Å². The third kappa shape index (κ3) is 17.9. The molecule has 23 heteroatoms. The number of esters is 1. The number of allylic oxidation sites excluding steroid dienone is 2. The van der Waals surface area contributed by atoms with E-state index in [9.17, 15) is 28.8 Å². The maximum Gasteiger partial charge on any atom is 0.407 e. The highest BCUT2D eigenvalue weighted by Gasteiger charge is 2.46. The number of rotatable bonds is 20. The first-order valence-corrected chi connectivity index (χ1v) is 44.2. The fraction of sp³-hybridized carbons (Fsp3) is 0.510. The molecule has 10 aliphatic rings. The predicted molar refractivity (Wildman–Crippen MR) is 475 cm³/mol. The number of aliphatic imine (C=N–C) groups is 2. The van der Waals surface area contributed by atoms with Crippen molar-refractivity contribution in [3.05, 3.63) is 154 Å². The molecule has 4 aromatic heterocycles. The Hall–Kier alpha value is -10.7. The van der Waals surface area contributed by atoms with Gasteiger partial charge in [-0.15, -0.1) is 0 Å². The van der Waals surface area contributed by atoms with Crippen molar-refractivity contribution in [1.82, 2.24) is 55.7 Å². The molecule has 121 heavy (non-hydrogen) atoms. The van der Waals surface area contributed by atoms with Crippen LogP contribution in [0.5, 0.6) is 0 Å². The lowest BCUT2D eigenvalue weighted by Gasteiger charge is -2.30. The van der Waals surface area contributed by atoms with Crippen molar-refractivity contribution in [2.75, 3.05) is 41.0 Å². The van der Waals surface area contributed by atoms with Gasteiger partial charge in [0.05, 0.1) is 68.2 Å². The monoisotopic (exact) mass is 1640 g/mol. The molecule has 4 aromatic carbocycles. The highest BCUT2D eigenvalue weighted by Crippen LogP contribution is 2.55. The molecule has 23 nitrogen and oxygen atoms in total. The Bertz CT molecular complexity index is 5320. The Balaban J connectivity index is 0.000000174. The van der Waals surface area contributed by atoms with Gasteiger partial charge < -0.3 is 55.0 Å². The number of methoxy groups -OCH3 is 3. The number of H-pyrrole nitrogens is 2. The molecule has 6 fully saturated rings. The van der Waals surface area contributed by atoms with Crippen LogP contribution in [0.4, 0.5) is 9.59 Å². The quantitative estimate of drug-likeness (QED) is 0.0305. The van der Waals surface area contributed by atoms with Gasteiger partial charge in [0.15, 0.2) is 11.3 Å². The number of nitrogens with zero attached hydrogens (tertiary/aromatic N) is 8. The summed E-state index contributed by atoms with van der Waals surface area (Å²) < 4.78 is 14.0. The van der Waals surface area contributed by atoms with Gasteiger partial charge >= 0.3 is 24.1 Å². The molecule has 18 rings (SSSR count). The Morgan fingerprint density at radius 2 is 0.934 bits per heavy atom. The van der Waals surface area contributed by atoms with E-state index in [0.29, 0.717) is 48.4 Å². The third-order valence-electron chi connectivity index (χ3n) is 27.8. The molecule has 2 spiro atoms. The van der Waals surface area contributed by atoms with E-state index in [2.05, 4.69) is 134 Å². The van der Waals surface area contributed by atoms with Crippen LogP contribution in [-0.2, 0) is 59.1 Å². The molecule has 5 aliphatic carbocycles. The number of likely N-dealkylation sites (tertiary alicyclic amines) is 2. The van der Waals surface area contributed by atoms with Gasteiger partial charge in [-0.05, 0) is 229 Å². The van der Waals surface area contributed by atoms with E-state index in [0.717, 1.165) is 108 Å². The van der Waals surface area contributed by atoms with Gasteiger partial charge in [-0.2, -0.15) is 0 Å². The first kappa shape index (κ1) is 85.3. The number of carbonyl (C=O) groups is 6. The zero-order valence-electron chi connectivity index (χ0n) is 71.2. The van der Waals surface area contributed by atoms with E-state index in [1.54, 1.807) is 19.4 Å². The normalized spacial score (nSPS) is 20.7. The summed E-state index contributed by atoms with van der Waals surface area (Å²) in [7, 11) is 3.87. The second kappa shape index (κ2) is 36.6. The number of ether oxygens (including phenoxy) is 3. The van der Waals surface area contributed by atoms with Crippen molar-refractivity contribution in [1.29, 1.82) is 0 Å². The smallest absolute Gasteiger partial charge is 0.407 e. The lowest BCUT2D eigenvalue weighted by atomic mass is 9.82. The number of aromatic nitrogens is 6. The molecule has 3 saturated carbocycles. The minimum Gasteiger partial charge on any atom is -0.480 e. The Kier molecular flexibility index (Phi) is 25.8. The Labute approximate surface area is 711 Å². The Morgan fingerprint density at radius 3 is 1.41 bits per heavy atom. The number of nitrogens with one attached hydrogen (secondary N) is 5. The van der Waals surface area contributed by atoms with E-state index in [4.69, 9.17) is 44.5 Å². The van der Waals surface area contributed by atoms with Crippen LogP contribution in [0.2, 0.25) is 0 Å². The van der Waals surface area contributed by atoms with Crippen LogP contribution in [0, 0.1) is 34.5 Å². The van der Waals surface area contributed by atoms with E-state index < -0.39 is 36.2 Å². The van der Waals surface area contributed by atoms with Gasteiger partial charge in [0, 0.05) is 72.8 Å². The first-order valence-electron chi connectivity index (χ1n) is 44.2. The average Bonchev–Trinajstić information content (AvgIpc) is 1.59. The molecule has 0 bridgehead atoms. The molecule has 6 atom stereocenters. The van der Waals surface area contributed by atoms with Gasteiger partial charge in [0.1, 0.15) is 23.7 Å². The van der Waals surface area contributed by atoms with Crippen molar-refractivity contribution in [3.8, 4) is 44.8 Å². The molecule has 4 amide bonds. The van der Waals surface area contributed by atoms with Crippen molar-refractivity contribution in [2.24, 2.45) is 44.5 Å². The standard InChI is InChI=1S/C52H63N7O6.C38H41N5.C7H13NO4.CH4/c1-30(2)37(26-45(60)64-5)49(61)58-23-9-11-43(58)42-25-34(29-53-42)32-13-15-33(16-14-32)35-17-18-36(39-28-52(27-38(35)39)21-7-8-22-52)40-19-20-41-47(54-40)57-48(55-41)44-12-10-24-59(44)50(62)46(31(3)4)56-51(63)65-6;1-2-7-26(6-1)36-42-34-16-15-32(41-37(34)43-36)29-14-13-28(30-21-38(22-31(29)30)17-3-4-18-38)25-11-9-24(10-12-25)27-20-35(40-23-27)33-8-5-19-39-33;1-4(2)5(6(9)10)8-7(11)12-3;/h13-20,29-31,37,43-44,46H,7-12,21-28H2,1-6H3,(H,56,63)(H,54,55,57);9-16,23,26,33,39H,1-8,17-22H2,(H,41,42,43);4-5H,1-3H3,(H,8,11)(H,9,10);1H4/t37-,43-,44-,46-;33-;5-;/m001./s1. The SMILES string of the molecule is C.C1=C(c2ccc(-c3ccc(-c4ccc5[nH]c(C6CCCC6)nc5n4)c4c3CC3(CCCC3)C4)cc2)CC([C@@H]2CCCN2)=N1.COC(=O)C[C@H](C(=O)N1CCC[C@H]1C1=NC=C(c2ccc(-c3ccc(-c4ccc5[nH]c([C@@H]6CCCN6C(=O)[C@@H](NC(=O)OC)C(C)C)nc5n4)c4c3CC3(CCCC3)C4)cc2)C1)C(C)C.COC(=O)N[C@@H](C(=O)O)C(C)C. The zero-order valence-corrected chi connectivity index (χ0v) is 71.2. The molecular weight excluding hydrogens is 1520 g/mol. The van der Waals surface area contributed by atoms with Crippen LogP contribution >= 0.6 is 0 Å². The Morgan fingerprint density at radius 1 is 0.479 bits per heavy atom. The number of hydrogen-bond acceptors (Lipinski definition) is 16. The summed E-state index contributed by atoms with van der Waals surface area (Å²) in [5.74, 6) is 0.221. The molecule has 3 saturated heterocycles. The highest BCUT2D eigenvalue weighted by atomic mass is 16.5. The summed E-state index contributed by atoms with van der Waals surface area (Å²) in [6.45, 7) is 13.6. The minimum absolute atomic E-state index is 0. The van der Waals surface area contributed by atoms with Gasteiger partial charge in [0.25, 0.3) is 0 Å². The van der Waals surface area contributed by atoms with E-state index in [1.807, 2.05) is 43.7 Å². The number of fused-ring (bicyclic) bond motifs is 4. The number of carbonyl (C=O) groups excluding carboxylic acids is 5. The number of amides is 4. The zero-order chi connectivity index (χ0) is 83.7. The molecule has 6 N–H and O–H groups in total. The van der Waals surface area contributed by atoms with Crippen LogP contribution in [-0.4, -0.2) is 157 Å². The minimum atomic E-state index is -1.06. The number of alkyl carbamates (subject to hydrolysis) is 2. The highest BCUT2D eigenvalue weighted by molar-refractivity contribution is 6.04. The number of aliphatic carboxylic acids is 1. The number of aromatic amines is 2. The number of pyridine rings is 2. The maximum absolute atomic E-state index is 13.8. The maximum atomic E-state index is 13.8. The summed E-state index contributed by atoms with van der Waals surface area (Å²) in [5, 5.41) is 17.2. The lowest BCUT2D eigenvalue weighted by Crippen LogP contribution is -2.51. The molecule has 0 radical (unpaired) electrons. The van der Waals surface area contributed by atoms with Crippen molar-refractivity contribution < 1.29 is 48.1 Å². The second-order valence-electron chi connectivity index (χ2n) is 36.5. The summed E-state index contributed by atoms with van der Waals surface area (Å²) in [6, 6.07) is 34.6. The second-order valence-corrected chi connectivity index (χ2v) is 36.5. The van der Waals surface area contributed by atoms with Crippen LogP contribution in [0.3, 0.4) is 0 Å². The number of benzene rings is 4. The third-order valence-corrected chi connectivity index (χ3v) is 27.8. The lowest BCUT2D eigenvalue weighted by molar-refractivity contribution is -0.148. The van der Waals surface area contributed by atoms with Crippen molar-refractivity contribution >= 4 is 80.8 Å². The fourth-order valence-corrected chi connectivity index (χ4v) is 21.2. The summed E-state index contributed by atoms with van der Waals surface area (Å²) in [6.07, 6.45) is 30.4. The van der Waals surface area contributed by atoms with Gasteiger partial charge in [-0.25, -0.2) is 34.3 Å². The topological polar surface area (TPSA) is 301 Å². The van der Waals surface area contributed by atoms with Crippen LogP contribution in [0.25, 0.3) is 78.2 Å². The average molecular weight is 1640 g/mol. The van der Waals surface area contributed by atoms with Gasteiger partial charge in [0.2, 0.25) is 11.8 Å². The predicted octanol–water partition coefficient (Wildman–Crippen LogP) is 18.6. The number of imidazole rings is 2. The molecule has 0 unspecified atom stereocenters. The number of hydrogen-bond donors (Lipinski definition) is 6. The first-order chi connectivity index (χ1) is 58.1. The van der Waals surface area contributed by atoms with E-state index >= 15 is 0 Å². The van der Waals surface area contributed by atoms with Crippen LogP contribution < -0.4 is 16.0 Å².